The molecule has 3 atom stereocenters. The van der Waals surface area contributed by atoms with E-state index in [1.165, 1.54) is 32.1 Å². The van der Waals surface area contributed by atoms with E-state index in [0.29, 0.717) is 24.9 Å². The second-order valence-electron chi connectivity index (χ2n) is 14.1. The summed E-state index contributed by atoms with van der Waals surface area (Å²) in [5.41, 5.74) is 0.0821. The average molecular weight is 700 g/mol. The van der Waals surface area contributed by atoms with Crippen molar-refractivity contribution < 1.29 is 33.4 Å². The molecule has 5 rings (SSSR count). The molecule has 270 valence electrons. The van der Waals surface area contributed by atoms with Gasteiger partial charge in [0.15, 0.2) is 0 Å². The first-order valence-electron chi connectivity index (χ1n) is 16.8. The van der Waals surface area contributed by atoms with Crippen LogP contribution in [-0.2, 0) is 35.1 Å². The number of benzene rings is 2. The molecule has 5 N–H and O–H groups in total. The fourth-order valence-corrected chi connectivity index (χ4v) is 6.09. The molecule has 0 radical (unpaired) electrons. The zero-order chi connectivity index (χ0) is 36.9. The van der Waals surface area contributed by atoms with Crippen LogP contribution in [0.3, 0.4) is 0 Å². The van der Waals surface area contributed by atoms with Crippen molar-refractivity contribution >= 4 is 46.5 Å². The third kappa shape index (κ3) is 8.74. The number of imidazole rings is 1. The minimum Gasteiger partial charge on any atom is -0.467 e. The molecule has 1 saturated heterocycles. The number of para-hydroxylation sites is 1. The maximum atomic E-state index is 14.1. The maximum Gasteiger partial charge on any atom is 0.408 e. The van der Waals surface area contributed by atoms with E-state index in [1.807, 2.05) is 30.3 Å². The fourth-order valence-electron chi connectivity index (χ4n) is 6.09. The van der Waals surface area contributed by atoms with Crippen LogP contribution in [-0.4, -0.2) is 86.5 Å². The maximum absolute atomic E-state index is 14.1. The highest BCUT2D eigenvalue weighted by Gasteiger charge is 2.40. The number of esters is 1. The number of amides is 4. The predicted octanol–water partition coefficient (Wildman–Crippen LogP) is 4.16. The van der Waals surface area contributed by atoms with Gasteiger partial charge in [-0.3, -0.25) is 14.4 Å². The molecule has 14 nitrogen and oxygen atoms in total. The van der Waals surface area contributed by atoms with Gasteiger partial charge in [0.25, 0.3) is 0 Å². The van der Waals surface area contributed by atoms with Gasteiger partial charge in [-0.2, -0.15) is 0 Å². The Morgan fingerprint density at radius 1 is 1.00 bits per heavy atom. The molecular formula is C37H45N7O7. The zero-order valence-electron chi connectivity index (χ0n) is 29.7. The Labute approximate surface area is 296 Å². The molecular weight excluding hydrogens is 654 g/mol. The number of methoxy groups -OCH3 is 1. The highest BCUT2D eigenvalue weighted by molar-refractivity contribution is 5.99. The van der Waals surface area contributed by atoms with Crippen LogP contribution in [0.15, 0.2) is 67.0 Å². The molecule has 2 aromatic heterocycles. The van der Waals surface area contributed by atoms with Crippen LogP contribution in [0, 0.1) is 0 Å². The lowest BCUT2D eigenvalue weighted by atomic mass is 9.96. The van der Waals surface area contributed by atoms with E-state index in [-0.39, 0.29) is 24.0 Å². The summed E-state index contributed by atoms with van der Waals surface area (Å²) < 4.78 is 10.3. The van der Waals surface area contributed by atoms with Crippen molar-refractivity contribution in [2.24, 2.45) is 0 Å². The number of alkyl carbamates (subject to hydrolysis) is 1. The molecule has 2 unspecified atom stereocenters. The summed E-state index contributed by atoms with van der Waals surface area (Å²) in [6.45, 7) is 8.56. The van der Waals surface area contributed by atoms with E-state index >= 15 is 0 Å². The molecule has 2 aromatic carbocycles. The lowest BCUT2D eigenvalue weighted by Crippen LogP contribution is -2.59. The van der Waals surface area contributed by atoms with E-state index in [1.54, 1.807) is 51.2 Å². The quantitative estimate of drug-likeness (QED) is 0.144. The van der Waals surface area contributed by atoms with Crippen molar-refractivity contribution in [2.45, 2.75) is 83.0 Å². The second kappa shape index (κ2) is 15.1. The van der Waals surface area contributed by atoms with Crippen molar-refractivity contribution in [3.8, 4) is 0 Å². The summed E-state index contributed by atoms with van der Waals surface area (Å²) in [6.07, 6.45) is 3.66. The number of anilines is 1. The fraction of sp³-hybridized carbons (Fsp3) is 0.405. The summed E-state index contributed by atoms with van der Waals surface area (Å²) in [5.74, 6) is -2.43. The summed E-state index contributed by atoms with van der Waals surface area (Å²) >= 11 is 0. The summed E-state index contributed by atoms with van der Waals surface area (Å²) in [6, 6.07) is 14.8. The van der Waals surface area contributed by atoms with Gasteiger partial charge in [-0.15, -0.1) is 0 Å². The standard InChI is InChI=1S/C37H45N7O7/c1-36(2,3)51-35(49)43-37(4,5)34(48)40-26(19-23-20-38-25-16-11-10-15-24(23)25)31(45)42-28-21-39-30(41-28)29(22-13-8-7-9-14-22)32(46)44-18-12-17-27(44)33(47)50-6/h7-11,13-16,20-21,26-27,29,38H,12,17-19H2,1-6H3,(H,39,41)(H,40,48)(H,42,45)(H,43,49)/t26-,27?,29?/m1/s1. The number of aromatic nitrogens is 3. The highest BCUT2D eigenvalue weighted by atomic mass is 16.6. The van der Waals surface area contributed by atoms with Gasteiger partial charge in [0, 0.05) is 30.1 Å². The van der Waals surface area contributed by atoms with Crippen LogP contribution in [0.25, 0.3) is 10.9 Å². The van der Waals surface area contributed by atoms with E-state index in [2.05, 4.69) is 30.9 Å². The Hall–Kier alpha value is -5.66. The van der Waals surface area contributed by atoms with E-state index in [9.17, 15) is 24.0 Å². The van der Waals surface area contributed by atoms with Crippen LogP contribution < -0.4 is 16.0 Å². The van der Waals surface area contributed by atoms with Gasteiger partial charge < -0.3 is 40.3 Å². The summed E-state index contributed by atoms with van der Waals surface area (Å²) in [5, 5.41) is 9.08. The topological polar surface area (TPSA) is 188 Å². The van der Waals surface area contributed by atoms with Crippen molar-refractivity contribution in [1.29, 1.82) is 0 Å². The first kappa shape index (κ1) is 36.6. The predicted molar refractivity (Wildman–Crippen MR) is 190 cm³/mol. The van der Waals surface area contributed by atoms with Gasteiger partial charge in [-0.1, -0.05) is 48.5 Å². The van der Waals surface area contributed by atoms with Gasteiger partial charge in [-0.25, -0.2) is 14.6 Å². The van der Waals surface area contributed by atoms with Gasteiger partial charge in [-0.05, 0) is 64.7 Å². The Morgan fingerprint density at radius 3 is 2.41 bits per heavy atom. The first-order valence-corrected chi connectivity index (χ1v) is 16.8. The number of H-pyrrole nitrogens is 2. The Morgan fingerprint density at radius 2 is 1.71 bits per heavy atom. The molecule has 1 aliphatic heterocycles. The largest absolute Gasteiger partial charge is 0.467 e. The molecule has 0 bridgehead atoms. The minimum atomic E-state index is -1.44. The molecule has 0 aliphatic carbocycles. The summed E-state index contributed by atoms with van der Waals surface area (Å²) in [7, 11) is 1.30. The molecule has 4 amide bonds. The van der Waals surface area contributed by atoms with Crippen LogP contribution in [0.4, 0.5) is 10.6 Å². The molecule has 1 aliphatic rings. The zero-order valence-corrected chi connectivity index (χ0v) is 29.7. The Kier molecular flexibility index (Phi) is 10.8. The number of carbonyl (C=O) groups excluding carboxylic acids is 5. The van der Waals surface area contributed by atoms with Crippen LogP contribution in [0.2, 0.25) is 0 Å². The third-order valence-electron chi connectivity index (χ3n) is 8.62. The second-order valence-corrected chi connectivity index (χ2v) is 14.1. The average Bonchev–Trinajstić information content (AvgIpc) is 3.84. The number of fused-ring (bicyclic) bond motifs is 1. The number of likely N-dealkylation sites (tertiary alicyclic amines) is 1. The first-order chi connectivity index (χ1) is 24.2. The van der Waals surface area contributed by atoms with Crippen LogP contribution in [0.5, 0.6) is 0 Å². The van der Waals surface area contributed by atoms with E-state index in [0.717, 1.165) is 16.5 Å². The Balaban J connectivity index is 1.40. The van der Waals surface area contributed by atoms with Gasteiger partial charge in [0.05, 0.1) is 13.3 Å². The number of ether oxygens (including phenoxy) is 2. The number of aromatic amines is 2. The smallest absolute Gasteiger partial charge is 0.408 e. The minimum absolute atomic E-state index is 0.111. The molecule has 0 spiro atoms. The normalized spacial score (nSPS) is 15.9. The lowest BCUT2D eigenvalue weighted by Gasteiger charge is -2.29. The molecule has 4 aromatic rings. The molecule has 3 heterocycles. The lowest BCUT2D eigenvalue weighted by molar-refractivity contribution is -0.151. The third-order valence-corrected chi connectivity index (χ3v) is 8.62. The van der Waals surface area contributed by atoms with Crippen LogP contribution in [0.1, 0.15) is 70.3 Å². The number of hydrogen-bond donors (Lipinski definition) is 5. The summed E-state index contributed by atoms with van der Waals surface area (Å²) in [4.78, 5) is 78.9. The van der Waals surface area contributed by atoms with Crippen molar-refractivity contribution in [1.82, 2.24) is 30.5 Å². The SMILES string of the molecule is COC(=O)C1CCCN1C(=O)C(c1ccccc1)c1ncc(NC(=O)[C@@H](Cc2c[nH]c3ccccc23)NC(=O)C(C)(C)NC(=O)OC(C)(C)C)[nH]1. The van der Waals surface area contributed by atoms with Crippen molar-refractivity contribution in [2.75, 3.05) is 19.0 Å². The number of carbonyl (C=O) groups is 5. The molecule has 1 fully saturated rings. The van der Waals surface area contributed by atoms with Gasteiger partial charge in [0.2, 0.25) is 17.7 Å². The van der Waals surface area contributed by atoms with Crippen LogP contribution >= 0.6 is 0 Å². The van der Waals surface area contributed by atoms with Gasteiger partial charge >= 0.3 is 12.1 Å². The number of rotatable bonds is 11. The van der Waals surface area contributed by atoms with Crippen molar-refractivity contribution in [3.05, 3.63) is 83.9 Å². The highest BCUT2D eigenvalue weighted by Crippen LogP contribution is 2.30. The van der Waals surface area contributed by atoms with Crippen molar-refractivity contribution in [3.63, 3.8) is 0 Å². The number of nitrogens with zero attached hydrogens (tertiary/aromatic N) is 2. The molecule has 51 heavy (non-hydrogen) atoms. The molecule has 14 heteroatoms. The number of hydrogen-bond acceptors (Lipinski definition) is 8. The number of nitrogens with one attached hydrogen (secondary N) is 5. The van der Waals surface area contributed by atoms with E-state index in [4.69, 9.17) is 9.47 Å². The Bertz CT molecular complexity index is 1890. The monoisotopic (exact) mass is 699 g/mol. The van der Waals surface area contributed by atoms with E-state index < -0.39 is 53.0 Å². The van der Waals surface area contributed by atoms with Gasteiger partial charge in [0.1, 0.15) is 40.8 Å². The molecule has 0 saturated carbocycles.